The fraction of sp³-hybridized carbons (Fsp3) is 0.375. The molecule has 0 amide bonds. The van der Waals surface area contributed by atoms with Gasteiger partial charge in [0.2, 0.25) is 10.0 Å². The molecule has 0 radical (unpaired) electrons. The molecule has 0 aliphatic heterocycles. The molecule has 2 heterocycles. The predicted octanol–water partition coefficient (Wildman–Crippen LogP) is 1.03. The van der Waals surface area contributed by atoms with E-state index in [1.165, 1.54) is 18.5 Å². The maximum atomic E-state index is 12.1. The number of guanidine groups is 1. The van der Waals surface area contributed by atoms with E-state index in [1.54, 1.807) is 6.07 Å². The molecule has 0 aliphatic carbocycles. The molecular weight excluding hydrogens is 467 g/mol. The molecule has 0 aliphatic rings. The van der Waals surface area contributed by atoms with Gasteiger partial charge in [-0.2, -0.15) is 0 Å². The molecule has 144 valence electrons. The summed E-state index contributed by atoms with van der Waals surface area (Å²) in [5, 5.41) is 6.35. The van der Waals surface area contributed by atoms with E-state index in [2.05, 4.69) is 29.9 Å². The Balaban J connectivity index is 0.00000338. The van der Waals surface area contributed by atoms with Crippen molar-refractivity contribution in [1.82, 2.24) is 24.9 Å². The van der Waals surface area contributed by atoms with Gasteiger partial charge in [0.1, 0.15) is 4.90 Å². The highest BCUT2D eigenvalue weighted by molar-refractivity contribution is 14.0. The summed E-state index contributed by atoms with van der Waals surface area (Å²) in [6.07, 6.45) is 6.85. The van der Waals surface area contributed by atoms with Crippen LogP contribution in [0.3, 0.4) is 0 Å². The van der Waals surface area contributed by atoms with Crippen LogP contribution in [0.25, 0.3) is 0 Å². The van der Waals surface area contributed by atoms with Gasteiger partial charge in [0.15, 0.2) is 5.96 Å². The number of hydrogen-bond acceptors (Lipinski definition) is 4. The molecule has 0 saturated carbocycles. The third-order valence-electron chi connectivity index (χ3n) is 3.29. The highest BCUT2D eigenvalue weighted by atomic mass is 127. The first kappa shape index (κ1) is 22.4. The molecule has 0 spiro atoms. The SMILES string of the molecule is CCNC(=NCCNS(=O)(=O)c1cccnc1)NCCn1cccc1.I. The highest BCUT2D eigenvalue weighted by Gasteiger charge is 2.12. The number of hydrogen-bond donors (Lipinski definition) is 3. The van der Waals surface area contributed by atoms with Crippen LogP contribution in [0.1, 0.15) is 6.92 Å². The number of aromatic nitrogens is 2. The Kier molecular flexibility index (Phi) is 10.2. The molecule has 0 atom stereocenters. The Labute approximate surface area is 171 Å². The van der Waals surface area contributed by atoms with Gasteiger partial charge >= 0.3 is 0 Å². The van der Waals surface area contributed by atoms with Gasteiger partial charge in [-0.05, 0) is 31.2 Å². The zero-order chi connectivity index (χ0) is 18.0. The van der Waals surface area contributed by atoms with E-state index in [0.717, 1.165) is 19.6 Å². The van der Waals surface area contributed by atoms with E-state index < -0.39 is 10.0 Å². The summed E-state index contributed by atoms with van der Waals surface area (Å²) in [6, 6.07) is 7.05. The van der Waals surface area contributed by atoms with Crippen molar-refractivity contribution in [2.24, 2.45) is 4.99 Å². The first-order valence-electron chi connectivity index (χ1n) is 8.14. The Morgan fingerprint density at radius 3 is 2.62 bits per heavy atom. The molecule has 2 aromatic heterocycles. The van der Waals surface area contributed by atoms with Gasteiger partial charge in [0.25, 0.3) is 0 Å². The van der Waals surface area contributed by atoms with E-state index in [9.17, 15) is 8.42 Å². The summed E-state index contributed by atoms with van der Waals surface area (Å²) >= 11 is 0. The third kappa shape index (κ3) is 7.70. The van der Waals surface area contributed by atoms with Crippen LogP contribution >= 0.6 is 24.0 Å². The van der Waals surface area contributed by atoms with Gasteiger partial charge in [-0.3, -0.25) is 9.98 Å². The number of halogens is 1. The van der Waals surface area contributed by atoms with Crippen molar-refractivity contribution in [2.45, 2.75) is 18.4 Å². The molecule has 10 heteroatoms. The monoisotopic (exact) mass is 492 g/mol. The first-order valence-corrected chi connectivity index (χ1v) is 9.63. The molecule has 2 rings (SSSR count). The maximum Gasteiger partial charge on any atom is 0.242 e. The summed E-state index contributed by atoms with van der Waals surface area (Å²) < 4.78 is 28.7. The average molecular weight is 492 g/mol. The summed E-state index contributed by atoms with van der Waals surface area (Å²) in [5.74, 6) is 0.662. The van der Waals surface area contributed by atoms with Crippen LogP contribution in [0, 0.1) is 0 Å². The van der Waals surface area contributed by atoms with E-state index in [1.807, 2.05) is 31.5 Å². The van der Waals surface area contributed by atoms with Crippen molar-refractivity contribution in [2.75, 3.05) is 26.2 Å². The second-order valence-corrected chi connectivity index (χ2v) is 6.96. The van der Waals surface area contributed by atoms with Crippen molar-refractivity contribution < 1.29 is 8.42 Å². The summed E-state index contributed by atoms with van der Waals surface area (Å²) in [7, 11) is -3.54. The normalized spacial score (nSPS) is 11.7. The van der Waals surface area contributed by atoms with E-state index >= 15 is 0 Å². The molecule has 26 heavy (non-hydrogen) atoms. The van der Waals surface area contributed by atoms with Gasteiger partial charge in [-0.25, -0.2) is 13.1 Å². The van der Waals surface area contributed by atoms with Crippen LogP contribution in [-0.4, -0.2) is 50.1 Å². The minimum atomic E-state index is -3.54. The quantitative estimate of drug-likeness (QED) is 0.210. The van der Waals surface area contributed by atoms with Crippen molar-refractivity contribution in [3.05, 3.63) is 49.1 Å². The van der Waals surface area contributed by atoms with Gasteiger partial charge in [-0.15, -0.1) is 24.0 Å². The molecule has 0 fully saturated rings. The minimum Gasteiger partial charge on any atom is -0.357 e. The van der Waals surface area contributed by atoms with Gasteiger partial charge in [0.05, 0.1) is 6.54 Å². The smallest absolute Gasteiger partial charge is 0.242 e. The molecule has 2 aromatic rings. The second kappa shape index (κ2) is 11.9. The summed E-state index contributed by atoms with van der Waals surface area (Å²) in [5.41, 5.74) is 0. The number of pyridine rings is 1. The lowest BCUT2D eigenvalue weighted by molar-refractivity contribution is 0.581. The van der Waals surface area contributed by atoms with Crippen molar-refractivity contribution >= 4 is 40.0 Å². The molecule has 0 saturated heterocycles. The van der Waals surface area contributed by atoms with Crippen molar-refractivity contribution in [1.29, 1.82) is 0 Å². The predicted molar refractivity (Wildman–Crippen MR) is 113 cm³/mol. The second-order valence-electron chi connectivity index (χ2n) is 5.19. The largest absolute Gasteiger partial charge is 0.357 e. The number of aliphatic imine (C=N–C) groups is 1. The lowest BCUT2D eigenvalue weighted by Crippen LogP contribution is -2.39. The Morgan fingerprint density at radius 2 is 1.96 bits per heavy atom. The molecule has 3 N–H and O–H groups in total. The molecular formula is C16H25IN6O2S. The fourth-order valence-corrected chi connectivity index (χ4v) is 3.09. The standard InChI is InChI=1S/C16H24N6O2S.HI/c1-2-18-16(20-10-13-22-11-3-4-12-22)19-8-9-21-25(23,24)15-6-5-7-17-14-15;/h3-7,11-12,14,21H,2,8-10,13H2,1H3,(H2,18,19,20);1H. The van der Waals surface area contributed by atoms with Crippen LogP contribution in [-0.2, 0) is 16.6 Å². The Bertz CT molecular complexity index is 750. The third-order valence-corrected chi connectivity index (χ3v) is 4.74. The molecule has 0 aromatic carbocycles. The van der Waals surface area contributed by atoms with Crippen LogP contribution < -0.4 is 15.4 Å². The molecule has 0 unspecified atom stereocenters. The topological polar surface area (TPSA) is 100 Å². The number of sulfonamides is 1. The van der Waals surface area contributed by atoms with E-state index in [4.69, 9.17) is 0 Å². The molecule has 8 nitrogen and oxygen atoms in total. The van der Waals surface area contributed by atoms with Crippen molar-refractivity contribution in [3.63, 3.8) is 0 Å². The number of nitrogens with one attached hydrogen (secondary N) is 3. The lowest BCUT2D eigenvalue weighted by atomic mass is 10.5. The van der Waals surface area contributed by atoms with E-state index in [0.29, 0.717) is 12.5 Å². The van der Waals surface area contributed by atoms with Crippen LogP contribution in [0.5, 0.6) is 0 Å². The number of nitrogens with zero attached hydrogens (tertiary/aromatic N) is 3. The van der Waals surface area contributed by atoms with Gasteiger partial charge < -0.3 is 15.2 Å². The van der Waals surface area contributed by atoms with Crippen LogP contribution in [0.4, 0.5) is 0 Å². The van der Waals surface area contributed by atoms with Crippen LogP contribution in [0.15, 0.2) is 58.9 Å². The molecule has 0 bridgehead atoms. The maximum absolute atomic E-state index is 12.1. The zero-order valence-electron chi connectivity index (χ0n) is 14.6. The zero-order valence-corrected chi connectivity index (χ0v) is 17.8. The summed E-state index contributed by atoms with van der Waals surface area (Å²) in [4.78, 5) is 8.34. The Hall–Kier alpha value is -1.66. The van der Waals surface area contributed by atoms with Crippen LogP contribution in [0.2, 0.25) is 0 Å². The minimum absolute atomic E-state index is 0. The van der Waals surface area contributed by atoms with Gasteiger partial charge in [0, 0.05) is 51.0 Å². The van der Waals surface area contributed by atoms with E-state index in [-0.39, 0.29) is 35.4 Å². The Morgan fingerprint density at radius 1 is 1.19 bits per heavy atom. The lowest BCUT2D eigenvalue weighted by Gasteiger charge is -2.12. The van der Waals surface area contributed by atoms with Gasteiger partial charge in [-0.1, -0.05) is 0 Å². The number of rotatable bonds is 9. The first-order chi connectivity index (χ1) is 12.1. The summed E-state index contributed by atoms with van der Waals surface area (Å²) in [6.45, 7) is 4.81. The fourth-order valence-electron chi connectivity index (χ4n) is 2.10. The van der Waals surface area contributed by atoms with Crippen molar-refractivity contribution in [3.8, 4) is 0 Å². The average Bonchev–Trinajstić information content (AvgIpc) is 3.13. The highest BCUT2D eigenvalue weighted by Crippen LogP contribution is 2.04.